The molecule has 0 radical (unpaired) electrons. The molecule has 1 aromatic rings. The fourth-order valence-corrected chi connectivity index (χ4v) is 3.22. The highest BCUT2D eigenvalue weighted by Gasteiger charge is 2.26. The van der Waals surface area contributed by atoms with Crippen molar-refractivity contribution in [3.8, 4) is 0 Å². The van der Waals surface area contributed by atoms with Crippen LogP contribution in [0.2, 0.25) is 0 Å². The van der Waals surface area contributed by atoms with E-state index in [1.807, 2.05) is 12.1 Å². The third-order valence-corrected chi connectivity index (χ3v) is 5.08. The van der Waals surface area contributed by atoms with E-state index < -0.39 is 12.1 Å². The molecule has 0 unspecified atom stereocenters. The first-order valence-electron chi connectivity index (χ1n) is 9.30. The average molecular weight is 345 g/mol. The summed E-state index contributed by atoms with van der Waals surface area (Å²) < 4.78 is 5.35. The van der Waals surface area contributed by atoms with E-state index in [0.717, 1.165) is 24.8 Å². The van der Waals surface area contributed by atoms with Gasteiger partial charge in [-0.2, -0.15) is 0 Å². The lowest BCUT2D eigenvalue weighted by molar-refractivity contribution is -0.130. The van der Waals surface area contributed by atoms with E-state index in [4.69, 9.17) is 4.74 Å². The number of amides is 1. The molecule has 1 fully saturated rings. The second-order valence-corrected chi connectivity index (χ2v) is 8.25. The molecule has 4 heteroatoms. The first-order valence-corrected chi connectivity index (χ1v) is 9.30. The lowest BCUT2D eigenvalue weighted by Gasteiger charge is -2.30. The van der Waals surface area contributed by atoms with Gasteiger partial charge in [-0.1, -0.05) is 52.7 Å². The predicted molar refractivity (Wildman–Crippen MR) is 99.6 cm³/mol. The Morgan fingerprint density at radius 3 is 2.28 bits per heavy atom. The quantitative estimate of drug-likeness (QED) is 0.831. The van der Waals surface area contributed by atoms with Crippen LogP contribution >= 0.6 is 0 Å². The summed E-state index contributed by atoms with van der Waals surface area (Å²) in [6.45, 7) is 10.2. The molecule has 1 N–H and O–H groups in total. The molecule has 2 rings (SSSR count). The Kier molecular flexibility index (Phi) is 6.26. The SMILES string of the molecule is C[C@@H]1CCCC[C@H]1NC(=O)[C@@H](C)OC(=O)c1ccc(C(C)(C)C)cc1. The summed E-state index contributed by atoms with van der Waals surface area (Å²) in [4.78, 5) is 24.6. The van der Waals surface area contributed by atoms with Crippen LogP contribution in [0.1, 0.15) is 76.2 Å². The Bertz CT molecular complexity index is 601. The first-order chi connectivity index (χ1) is 11.7. The molecule has 0 heterocycles. The number of rotatable bonds is 4. The van der Waals surface area contributed by atoms with E-state index in [0.29, 0.717) is 11.5 Å². The molecular weight excluding hydrogens is 314 g/mol. The van der Waals surface area contributed by atoms with Crippen LogP contribution in [0.3, 0.4) is 0 Å². The van der Waals surface area contributed by atoms with Crippen molar-refractivity contribution >= 4 is 11.9 Å². The summed E-state index contributed by atoms with van der Waals surface area (Å²) in [6.07, 6.45) is 3.72. The highest BCUT2D eigenvalue weighted by Crippen LogP contribution is 2.24. The van der Waals surface area contributed by atoms with Gasteiger partial charge in [-0.05, 0) is 48.8 Å². The van der Waals surface area contributed by atoms with Crippen LogP contribution in [0.25, 0.3) is 0 Å². The lowest BCUT2D eigenvalue weighted by Crippen LogP contribution is -2.45. The zero-order chi connectivity index (χ0) is 18.6. The maximum Gasteiger partial charge on any atom is 0.338 e. The third kappa shape index (κ3) is 5.32. The molecule has 25 heavy (non-hydrogen) atoms. The van der Waals surface area contributed by atoms with Crippen LogP contribution in [0.15, 0.2) is 24.3 Å². The zero-order valence-electron chi connectivity index (χ0n) is 16.1. The maximum atomic E-state index is 12.3. The van der Waals surface area contributed by atoms with Gasteiger partial charge in [0, 0.05) is 6.04 Å². The number of hydrogen-bond donors (Lipinski definition) is 1. The largest absolute Gasteiger partial charge is 0.449 e. The van der Waals surface area contributed by atoms with Crippen molar-refractivity contribution in [3.05, 3.63) is 35.4 Å². The van der Waals surface area contributed by atoms with Crippen molar-refractivity contribution in [2.24, 2.45) is 5.92 Å². The van der Waals surface area contributed by atoms with Gasteiger partial charge in [0.25, 0.3) is 5.91 Å². The van der Waals surface area contributed by atoms with Crippen LogP contribution in [-0.4, -0.2) is 24.0 Å². The number of carbonyl (C=O) groups excluding carboxylic acids is 2. The Balaban J connectivity index is 1.91. The van der Waals surface area contributed by atoms with Gasteiger partial charge in [-0.15, -0.1) is 0 Å². The summed E-state index contributed by atoms with van der Waals surface area (Å²) in [7, 11) is 0. The minimum atomic E-state index is -0.788. The number of esters is 1. The standard InChI is InChI=1S/C21H31NO3/c1-14-8-6-7-9-18(14)22-19(23)15(2)25-20(24)16-10-12-17(13-11-16)21(3,4)5/h10-15,18H,6-9H2,1-5H3,(H,22,23)/t14-,15-,18-/m1/s1. The fraction of sp³-hybridized carbons (Fsp3) is 0.619. The molecule has 0 bridgehead atoms. The van der Waals surface area contributed by atoms with Crippen LogP contribution in [0, 0.1) is 5.92 Å². The molecule has 1 aliphatic rings. The van der Waals surface area contributed by atoms with E-state index in [9.17, 15) is 9.59 Å². The first kappa shape index (κ1) is 19.5. The summed E-state index contributed by atoms with van der Waals surface area (Å²) >= 11 is 0. The molecule has 0 saturated heterocycles. The van der Waals surface area contributed by atoms with Gasteiger partial charge in [0.05, 0.1) is 5.56 Å². The number of benzene rings is 1. The molecule has 1 aromatic carbocycles. The Hall–Kier alpha value is -1.84. The number of hydrogen-bond acceptors (Lipinski definition) is 3. The summed E-state index contributed by atoms with van der Waals surface area (Å²) in [5.41, 5.74) is 1.66. The van der Waals surface area contributed by atoms with Crippen LogP contribution in [-0.2, 0) is 14.9 Å². The minimum Gasteiger partial charge on any atom is -0.449 e. The highest BCUT2D eigenvalue weighted by molar-refractivity contribution is 5.92. The monoisotopic (exact) mass is 345 g/mol. The highest BCUT2D eigenvalue weighted by atomic mass is 16.5. The normalized spacial score (nSPS) is 22.1. The molecule has 1 saturated carbocycles. The predicted octanol–water partition coefficient (Wildman–Crippen LogP) is 4.22. The second kappa shape index (κ2) is 8.03. The van der Waals surface area contributed by atoms with E-state index in [1.165, 1.54) is 6.42 Å². The van der Waals surface area contributed by atoms with Gasteiger partial charge >= 0.3 is 5.97 Å². The number of nitrogens with one attached hydrogen (secondary N) is 1. The van der Waals surface area contributed by atoms with Crippen molar-refractivity contribution in [1.82, 2.24) is 5.32 Å². The average Bonchev–Trinajstić information content (AvgIpc) is 2.56. The smallest absolute Gasteiger partial charge is 0.338 e. The van der Waals surface area contributed by atoms with Crippen molar-refractivity contribution < 1.29 is 14.3 Å². The molecule has 1 amide bonds. The fourth-order valence-electron chi connectivity index (χ4n) is 3.22. The number of ether oxygens (including phenoxy) is 1. The molecular formula is C21H31NO3. The van der Waals surface area contributed by atoms with E-state index >= 15 is 0 Å². The molecule has 138 valence electrons. The second-order valence-electron chi connectivity index (χ2n) is 8.25. The van der Waals surface area contributed by atoms with Crippen LogP contribution < -0.4 is 5.32 Å². The van der Waals surface area contributed by atoms with Gasteiger partial charge in [-0.3, -0.25) is 4.79 Å². The van der Waals surface area contributed by atoms with Crippen molar-refractivity contribution in [3.63, 3.8) is 0 Å². The van der Waals surface area contributed by atoms with Gasteiger partial charge in [0.1, 0.15) is 0 Å². The molecule has 1 aliphatic carbocycles. The number of carbonyl (C=O) groups is 2. The molecule has 0 aliphatic heterocycles. The summed E-state index contributed by atoms with van der Waals surface area (Å²) in [6, 6.07) is 7.58. The van der Waals surface area contributed by atoms with Crippen molar-refractivity contribution in [2.75, 3.05) is 0 Å². The summed E-state index contributed by atoms with van der Waals surface area (Å²) in [5.74, 6) is -0.191. The molecule has 4 nitrogen and oxygen atoms in total. The van der Waals surface area contributed by atoms with Gasteiger partial charge in [0.2, 0.25) is 0 Å². The Labute approximate surface area is 151 Å². The van der Waals surface area contributed by atoms with Gasteiger partial charge in [0.15, 0.2) is 6.10 Å². The summed E-state index contributed by atoms with van der Waals surface area (Å²) in [5, 5.41) is 3.04. The Morgan fingerprint density at radius 1 is 1.12 bits per heavy atom. The molecule has 0 aromatic heterocycles. The van der Waals surface area contributed by atoms with E-state index in [-0.39, 0.29) is 17.4 Å². The van der Waals surface area contributed by atoms with Gasteiger partial charge in [-0.25, -0.2) is 4.79 Å². The maximum absolute atomic E-state index is 12.3. The molecule has 3 atom stereocenters. The topological polar surface area (TPSA) is 55.4 Å². The lowest BCUT2D eigenvalue weighted by atomic mass is 9.86. The molecule has 0 spiro atoms. The van der Waals surface area contributed by atoms with E-state index in [1.54, 1.807) is 19.1 Å². The Morgan fingerprint density at radius 2 is 1.72 bits per heavy atom. The van der Waals surface area contributed by atoms with Crippen molar-refractivity contribution in [1.29, 1.82) is 0 Å². The van der Waals surface area contributed by atoms with Crippen molar-refractivity contribution in [2.45, 2.75) is 77.9 Å². The minimum absolute atomic E-state index is 0.0340. The van der Waals surface area contributed by atoms with Crippen LogP contribution in [0.5, 0.6) is 0 Å². The zero-order valence-corrected chi connectivity index (χ0v) is 16.1. The van der Waals surface area contributed by atoms with Crippen LogP contribution in [0.4, 0.5) is 0 Å². The van der Waals surface area contributed by atoms with E-state index in [2.05, 4.69) is 33.0 Å². The van der Waals surface area contributed by atoms with Gasteiger partial charge < -0.3 is 10.1 Å². The third-order valence-electron chi connectivity index (χ3n) is 5.08.